The van der Waals surface area contributed by atoms with Gasteiger partial charge in [-0.15, -0.1) is 0 Å². The fourth-order valence-corrected chi connectivity index (χ4v) is 2.21. The third-order valence-corrected chi connectivity index (χ3v) is 3.40. The van der Waals surface area contributed by atoms with Gasteiger partial charge in [-0.2, -0.15) is 0 Å². The molecule has 126 valence electrons. The Morgan fingerprint density at radius 2 is 1.83 bits per heavy atom. The van der Waals surface area contributed by atoms with E-state index in [9.17, 15) is 9.59 Å². The molecule has 0 spiro atoms. The quantitative estimate of drug-likeness (QED) is 0.364. The third kappa shape index (κ3) is 7.99. The number of nitrogens with two attached hydrogens (primary N) is 2. The first-order chi connectivity index (χ1) is 11.0. The van der Waals surface area contributed by atoms with Gasteiger partial charge in [0.2, 0.25) is 5.91 Å². The smallest absolute Gasteiger partial charge is 0.251 e. The lowest BCUT2D eigenvalue weighted by Crippen LogP contribution is -2.40. The molecular formula is C17H26N4O2. The van der Waals surface area contributed by atoms with Crippen LogP contribution in [0.2, 0.25) is 0 Å². The van der Waals surface area contributed by atoms with Gasteiger partial charge in [0.1, 0.15) is 6.04 Å². The van der Waals surface area contributed by atoms with Gasteiger partial charge >= 0.3 is 0 Å². The van der Waals surface area contributed by atoms with Gasteiger partial charge in [0, 0.05) is 12.8 Å². The molecule has 0 radical (unpaired) electrons. The Kier molecular flexibility index (Phi) is 8.42. The van der Waals surface area contributed by atoms with E-state index in [0.29, 0.717) is 12.8 Å². The van der Waals surface area contributed by atoms with Gasteiger partial charge in [-0.1, -0.05) is 56.5 Å². The van der Waals surface area contributed by atoms with E-state index in [-0.39, 0.29) is 11.9 Å². The molecule has 23 heavy (non-hydrogen) atoms. The van der Waals surface area contributed by atoms with Gasteiger partial charge in [0.25, 0.3) is 5.91 Å². The summed E-state index contributed by atoms with van der Waals surface area (Å²) < 4.78 is 0. The number of rotatable bonds is 9. The predicted molar refractivity (Wildman–Crippen MR) is 91.7 cm³/mol. The van der Waals surface area contributed by atoms with Crippen LogP contribution in [0.25, 0.3) is 0 Å². The lowest BCUT2D eigenvalue weighted by atomic mass is 10.1. The maximum atomic E-state index is 12.2. The van der Waals surface area contributed by atoms with Crippen LogP contribution in [0.1, 0.15) is 44.6 Å². The summed E-state index contributed by atoms with van der Waals surface area (Å²) in [6, 6.07) is 8.60. The van der Waals surface area contributed by atoms with Gasteiger partial charge in [-0.3, -0.25) is 14.9 Å². The number of imide groups is 1. The molecule has 6 nitrogen and oxygen atoms in total. The van der Waals surface area contributed by atoms with E-state index in [1.54, 1.807) is 0 Å². The van der Waals surface area contributed by atoms with Crippen LogP contribution in [0.5, 0.6) is 0 Å². The molecule has 1 atom stereocenters. The first kappa shape index (κ1) is 18.7. The van der Waals surface area contributed by atoms with Crippen molar-refractivity contribution >= 4 is 17.8 Å². The van der Waals surface area contributed by atoms with Crippen molar-refractivity contribution in [2.24, 2.45) is 16.5 Å². The van der Waals surface area contributed by atoms with Gasteiger partial charge < -0.3 is 11.5 Å². The predicted octanol–water partition coefficient (Wildman–Crippen LogP) is 1.48. The van der Waals surface area contributed by atoms with Gasteiger partial charge in [0.05, 0.1) is 0 Å². The van der Waals surface area contributed by atoms with E-state index in [2.05, 4.69) is 17.2 Å². The molecule has 1 aromatic rings. The molecule has 0 heterocycles. The molecule has 0 unspecified atom stereocenters. The maximum Gasteiger partial charge on any atom is 0.251 e. The molecular weight excluding hydrogens is 292 g/mol. The molecule has 0 saturated heterocycles. The normalized spacial score (nSPS) is 11.5. The molecule has 0 saturated carbocycles. The van der Waals surface area contributed by atoms with Crippen LogP contribution in [0.15, 0.2) is 35.3 Å². The number of benzene rings is 1. The van der Waals surface area contributed by atoms with E-state index in [4.69, 9.17) is 11.5 Å². The highest BCUT2D eigenvalue weighted by Crippen LogP contribution is 2.07. The monoisotopic (exact) mass is 318 g/mol. The fraction of sp³-hybridized carbons (Fsp3) is 0.471. The van der Waals surface area contributed by atoms with Crippen LogP contribution in [-0.4, -0.2) is 23.8 Å². The summed E-state index contributed by atoms with van der Waals surface area (Å²) in [6.07, 6.45) is 4.63. The van der Waals surface area contributed by atoms with Gasteiger partial charge in [0.15, 0.2) is 5.96 Å². The van der Waals surface area contributed by atoms with Crippen molar-refractivity contribution in [1.29, 1.82) is 0 Å². The molecule has 0 aliphatic carbocycles. The number of carbonyl (C=O) groups is 2. The summed E-state index contributed by atoms with van der Waals surface area (Å²) in [7, 11) is 0. The maximum absolute atomic E-state index is 12.2. The number of amides is 2. The Labute approximate surface area is 137 Å². The topological polar surface area (TPSA) is 111 Å². The lowest BCUT2D eigenvalue weighted by Gasteiger charge is -2.13. The van der Waals surface area contributed by atoms with Gasteiger partial charge in [-0.25, -0.2) is 4.99 Å². The number of nitrogens with one attached hydrogen (secondary N) is 1. The second kappa shape index (κ2) is 10.4. The van der Waals surface area contributed by atoms with Crippen LogP contribution in [0, 0.1) is 0 Å². The van der Waals surface area contributed by atoms with Crippen LogP contribution in [-0.2, 0) is 16.0 Å². The third-order valence-electron chi connectivity index (χ3n) is 3.40. The Balaban J connectivity index is 2.58. The summed E-state index contributed by atoms with van der Waals surface area (Å²) in [6.45, 7) is 2.10. The zero-order valence-electron chi connectivity index (χ0n) is 13.6. The number of nitrogens with zero attached hydrogens (tertiary/aromatic N) is 1. The molecule has 5 N–H and O–H groups in total. The van der Waals surface area contributed by atoms with Gasteiger partial charge in [-0.05, 0) is 12.0 Å². The Hall–Kier alpha value is -2.37. The van der Waals surface area contributed by atoms with Crippen molar-refractivity contribution in [2.75, 3.05) is 0 Å². The van der Waals surface area contributed by atoms with E-state index in [1.807, 2.05) is 30.3 Å². The second-order valence-corrected chi connectivity index (χ2v) is 5.48. The lowest BCUT2D eigenvalue weighted by molar-refractivity contribution is -0.131. The molecule has 0 bridgehead atoms. The molecule has 2 amide bonds. The molecule has 0 fully saturated rings. The fourth-order valence-electron chi connectivity index (χ4n) is 2.21. The number of aliphatic imine (C=N–C) groups is 1. The molecule has 0 aliphatic rings. The zero-order valence-corrected chi connectivity index (χ0v) is 13.6. The second-order valence-electron chi connectivity index (χ2n) is 5.48. The minimum absolute atomic E-state index is 0.170. The van der Waals surface area contributed by atoms with Crippen molar-refractivity contribution in [2.45, 2.75) is 51.5 Å². The summed E-state index contributed by atoms with van der Waals surface area (Å²) in [5, 5.41) is 2.39. The van der Waals surface area contributed by atoms with E-state index in [0.717, 1.165) is 31.2 Å². The van der Waals surface area contributed by atoms with Crippen LogP contribution < -0.4 is 16.8 Å². The molecule has 1 rings (SSSR count). The molecule has 1 aromatic carbocycles. The highest BCUT2D eigenvalue weighted by Gasteiger charge is 2.20. The minimum Gasteiger partial charge on any atom is -0.370 e. The summed E-state index contributed by atoms with van der Waals surface area (Å²) in [5.41, 5.74) is 11.7. The van der Waals surface area contributed by atoms with E-state index in [1.165, 1.54) is 0 Å². The minimum atomic E-state index is -0.804. The van der Waals surface area contributed by atoms with Crippen molar-refractivity contribution in [3.63, 3.8) is 0 Å². The molecule has 0 aliphatic heterocycles. The number of hydrogen-bond acceptors (Lipinski definition) is 3. The Morgan fingerprint density at radius 1 is 1.13 bits per heavy atom. The number of carbonyl (C=O) groups excluding carboxylic acids is 2. The first-order valence-electron chi connectivity index (χ1n) is 7.99. The van der Waals surface area contributed by atoms with Crippen molar-refractivity contribution in [3.05, 3.63) is 35.9 Å². The number of hydrogen-bond donors (Lipinski definition) is 3. The average molecular weight is 318 g/mol. The average Bonchev–Trinajstić information content (AvgIpc) is 2.51. The van der Waals surface area contributed by atoms with Crippen LogP contribution in [0.3, 0.4) is 0 Å². The first-order valence-corrected chi connectivity index (χ1v) is 7.99. The standard InChI is InChI=1S/C17H26N4O2/c1-2-3-4-8-11-15(22)21-16(23)14(20-17(18)19)12-13-9-6-5-7-10-13/h5-7,9-10,14H,2-4,8,11-12H2,1H3,(H4,18,19,20)(H,21,22,23)/t14-/m0/s1. The summed E-state index contributed by atoms with van der Waals surface area (Å²) in [4.78, 5) is 28.0. The summed E-state index contributed by atoms with van der Waals surface area (Å²) in [5.74, 6) is -0.922. The van der Waals surface area contributed by atoms with E-state index >= 15 is 0 Å². The van der Waals surface area contributed by atoms with Crippen LogP contribution >= 0.6 is 0 Å². The SMILES string of the molecule is CCCCCCC(=O)NC(=O)[C@H](Cc1ccccc1)N=C(N)N. The summed E-state index contributed by atoms with van der Waals surface area (Å²) >= 11 is 0. The Bertz CT molecular complexity index is 525. The molecule has 0 aromatic heterocycles. The number of unbranched alkanes of at least 4 members (excludes halogenated alkanes) is 3. The zero-order chi connectivity index (χ0) is 17.1. The largest absolute Gasteiger partial charge is 0.370 e. The van der Waals surface area contributed by atoms with Crippen LogP contribution in [0.4, 0.5) is 0 Å². The Morgan fingerprint density at radius 3 is 2.43 bits per heavy atom. The highest BCUT2D eigenvalue weighted by molar-refractivity contribution is 5.98. The van der Waals surface area contributed by atoms with Crippen molar-refractivity contribution < 1.29 is 9.59 Å². The van der Waals surface area contributed by atoms with Crippen molar-refractivity contribution in [1.82, 2.24) is 5.32 Å². The van der Waals surface area contributed by atoms with E-state index < -0.39 is 11.9 Å². The number of guanidine groups is 1. The van der Waals surface area contributed by atoms with Crippen molar-refractivity contribution in [3.8, 4) is 0 Å². The molecule has 6 heteroatoms. The highest BCUT2D eigenvalue weighted by atomic mass is 16.2.